The molecular formula is C48H34N4O4. The average Bonchev–Trinajstić information content (AvgIpc) is 3.27. The lowest BCUT2D eigenvalue weighted by Gasteiger charge is -2.16. The van der Waals surface area contributed by atoms with E-state index in [9.17, 15) is 19.2 Å². The first-order valence-corrected chi connectivity index (χ1v) is 17.9. The van der Waals surface area contributed by atoms with Crippen LogP contribution >= 0.6 is 0 Å². The molecule has 8 nitrogen and oxygen atoms in total. The minimum atomic E-state index is -0.593. The summed E-state index contributed by atoms with van der Waals surface area (Å²) in [6, 6.07) is 55.8. The average molecular weight is 731 g/mol. The van der Waals surface area contributed by atoms with E-state index < -0.39 is 23.6 Å². The van der Waals surface area contributed by atoms with Crippen LogP contribution in [-0.4, -0.2) is 33.6 Å². The molecule has 4 amide bonds. The highest BCUT2D eigenvalue weighted by Gasteiger charge is 2.24. The predicted octanol–water partition coefficient (Wildman–Crippen LogP) is 9.31. The molecule has 8 heteroatoms. The summed E-state index contributed by atoms with van der Waals surface area (Å²) >= 11 is 0. The van der Waals surface area contributed by atoms with Crippen molar-refractivity contribution in [3.05, 3.63) is 204 Å². The van der Waals surface area contributed by atoms with Gasteiger partial charge in [-0.3, -0.25) is 19.2 Å². The first-order valence-electron chi connectivity index (χ1n) is 17.9. The highest BCUT2D eigenvalue weighted by Crippen LogP contribution is 2.29. The van der Waals surface area contributed by atoms with Crippen LogP contribution in [0, 0.1) is 0 Å². The van der Waals surface area contributed by atoms with Crippen molar-refractivity contribution in [3.63, 3.8) is 0 Å². The van der Waals surface area contributed by atoms with E-state index in [0.717, 1.165) is 54.9 Å². The van der Waals surface area contributed by atoms with Gasteiger partial charge in [0.15, 0.2) is 0 Å². The molecule has 0 heterocycles. The van der Waals surface area contributed by atoms with Crippen LogP contribution in [0.15, 0.2) is 182 Å². The van der Waals surface area contributed by atoms with Crippen LogP contribution in [0.4, 0.5) is 0 Å². The number of benzene rings is 8. The second-order valence-electron chi connectivity index (χ2n) is 13.3. The van der Waals surface area contributed by atoms with Crippen molar-refractivity contribution in [2.75, 3.05) is 0 Å². The van der Waals surface area contributed by atoms with Gasteiger partial charge >= 0.3 is 0 Å². The molecule has 0 aliphatic heterocycles. The van der Waals surface area contributed by atoms with Crippen molar-refractivity contribution in [2.24, 2.45) is 11.7 Å². The van der Waals surface area contributed by atoms with Crippen molar-refractivity contribution >= 4 is 45.2 Å². The smallest absolute Gasteiger partial charge is 0.267 e. The molecule has 4 N–H and O–H groups in total. The van der Waals surface area contributed by atoms with Gasteiger partial charge in [-0.2, -0.15) is 0 Å². The molecule has 0 aromatic heterocycles. The topological polar surface area (TPSA) is 127 Å². The maximum atomic E-state index is 13.2. The summed E-state index contributed by atoms with van der Waals surface area (Å²) in [5.74, 6) is 9.77. The number of hydrazine groups is 2. The van der Waals surface area contributed by atoms with Crippen molar-refractivity contribution in [1.29, 1.82) is 0 Å². The second-order valence-corrected chi connectivity index (χ2v) is 13.3. The zero-order chi connectivity index (χ0) is 38.8. The first kappa shape index (κ1) is 35.5. The molecule has 0 aliphatic carbocycles. The van der Waals surface area contributed by atoms with Crippen LogP contribution in [0.2, 0.25) is 0 Å². The normalized spacial score (nSPS) is 11.0. The Kier molecular flexibility index (Phi) is 9.56. The SMILES string of the molecule is NN(C(=O)c1ccc(-c2ccc(-c3ccc(-c4ccc(C(=O)N(N)C(=O)c5cccc6ccccc56)cc4)cc3)cc2)cc1)C(=O)c1cccc2ccccc12. The molecule has 0 aliphatic rings. The highest BCUT2D eigenvalue weighted by atomic mass is 16.2. The summed E-state index contributed by atoms with van der Waals surface area (Å²) in [5.41, 5.74) is 7.12. The standard InChI is InChI=1S/C48H34N4O4/c49-51(47(55)43-13-5-9-37-7-1-3-11-41(37)43)45(53)39-27-23-35(24-28-39)33-19-15-31(16-20-33)32-17-21-34(22-18-32)36-25-29-40(30-26-36)46(54)52(50)48(56)44-14-6-10-38-8-2-4-12-42(38)44/h1-30H,49-50H2. The molecule has 0 saturated heterocycles. The Labute approximate surface area is 322 Å². The summed E-state index contributed by atoms with van der Waals surface area (Å²) < 4.78 is 0. The van der Waals surface area contributed by atoms with E-state index in [-0.39, 0.29) is 0 Å². The monoisotopic (exact) mass is 730 g/mol. The number of nitrogens with two attached hydrogens (primary N) is 2. The minimum Gasteiger partial charge on any atom is -0.267 e. The van der Waals surface area contributed by atoms with Gasteiger partial charge in [0.2, 0.25) is 0 Å². The van der Waals surface area contributed by atoms with Crippen LogP contribution < -0.4 is 11.7 Å². The zero-order valence-corrected chi connectivity index (χ0v) is 30.0. The fourth-order valence-electron chi connectivity index (χ4n) is 6.87. The van der Waals surface area contributed by atoms with E-state index in [2.05, 4.69) is 0 Å². The number of amides is 4. The number of nitrogens with zero attached hydrogens (tertiary/aromatic N) is 2. The van der Waals surface area contributed by atoms with Crippen molar-refractivity contribution in [3.8, 4) is 33.4 Å². The van der Waals surface area contributed by atoms with Gasteiger partial charge in [0, 0.05) is 22.3 Å². The van der Waals surface area contributed by atoms with Crippen molar-refractivity contribution < 1.29 is 19.2 Å². The summed E-state index contributed by atoms with van der Waals surface area (Å²) in [5, 5.41) is 4.56. The number of carbonyl (C=O) groups is 4. The van der Waals surface area contributed by atoms with E-state index in [4.69, 9.17) is 11.7 Å². The van der Waals surface area contributed by atoms with E-state index in [1.165, 1.54) is 0 Å². The fourth-order valence-corrected chi connectivity index (χ4v) is 6.87. The third-order valence-corrected chi connectivity index (χ3v) is 9.95. The van der Waals surface area contributed by atoms with Crippen LogP contribution in [0.1, 0.15) is 41.4 Å². The summed E-state index contributed by atoms with van der Waals surface area (Å²) in [4.78, 5) is 52.7. The number of imide groups is 2. The number of hydrogen-bond donors (Lipinski definition) is 2. The number of rotatable bonds is 7. The van der Waals surface area contributed by atoms with E-state index in [1.54, 1.807) is 48.5 Å². The van der Waals surface area contributed by atoms with Gasteiger partial charge in [-0.1, -0.05) is 146 Å². The van der Waals surface area contributed by atoms with Crippen LogP contribution in [0.25, 0.3) is 54.9 Å². The third-order valence-electron chi connectivity index (χ3n) is 9.95. The molecule has 0 saturated carbocycles. The van der Waals surface area contributed by atoms with E-state index in [1.807, 2.05) is 133 Å². The van der Waals surface area contributed by atoms with Gasteiger partial charge < -0.3 is 0 Å². The Morgan fingerprint density at radius 1 is 0.304 bits per heavy atom. The van der Waals surface area contributed by atoms with Gasteiger partial charge in [-0.25, -0.2) is 21.7 Å². The molecule has 0 radical (unpaired) electrons. The molecule has 0 bridgehead atoms. The lowest BCUT2D eigenvalue weighted by Crippen LogP contribution is -2.42. The molecule has 56 heavy (non-hydrogen) atoms. The number of carbonyl (C=O) groups excluding carboxylic acids is 4. The second kappa shape index (κ2) is 15.1. The summed E-state index contributed by atoms with van der Waals surface area (Å²) in [6.45, 7) is 0. The maximum Gasteiger partial charge on any atom is 0.275 e. The summed E-state index contributed by atoms with van der Waals surface area (Å²) in [7, 11) is 0. The van der Waals surface area contributed by atoms with E-state index >= 15 is 0 Å². The van der Waals surface area contributed by atoms with Crippen molar-refractivity contribution in [1.82, 2.24) is 10.0 Å². The van der Waals surface area contributed by atoms with Crippen molar-refractivity contribution in [2.45, 2.75) is 0 Å². The number of hydrogen-bond acceptors (Lipinski definition) is 6. The third kappa shape index (κ3) is 6.85. The highest BCUT2D eigenvalue weighted by molar-refractivity contribution is 6.16. The Morgan fingerprint density at radius 2 is 0.571 bits per heavy atom. The molecule has 0 atom stereocenters. The fraction of sp³-hybridized carbons (Fsp3) is 0. The van der Waals surface area contributed by atoms with Gasteiger partial charge in [0.25, 0.3) is 23.6 Å². The van der Waals surface area contributed by atoms with Crippen LogP contribution in [0.3, 0.4) is 0 Å². The van der Waals surface area contributed by atoms with Crippen LogP contribution in [-0.2, 0) is 0 Å². The molecule has 0 fully saturated rings. The predicted molar refractivity (Wildman–Crippen MR) is 220 cm³/mol. The van der Waals surface area contributed by atoms with Gasteiger partial charge in [-0.05, 0) is 91.3 Å². The molecular weight excluding hydrogens is 697 g/mol. The first-order chi connectivity index (χ1) is 27.3. The van der Waals surface area contributed by atoms with Gasteiger partial charge in [0.1, 0.15) is 0 Å². The molecule has 8 aromatic carbocycles. The minimum absolute atomic E-state index is 0.302. The summed E-state index contributed by atoms with van der Waals surface area (Å²) in [6.07, 6.45) is 0. The molecule has 8 rings (SSSR count). The largest absolute Gasteiger partial charge is 0.275 e. The Morgan fingerprint density at radius 3 is 0.893 bits per heavy atom. The number of fused-ring (bicyclic) bond motifs is 2. The quantitative estimate of drug-likeness (QED) is 0.0729. The molecule has 0 unspecified atom stereocenters. The Bertz CT molecular complexity index is 2570. The van der Waals surface area contributed by atoms with Crippen LogP contribution in [0.5, 0.6) is 0 Å². The lowest BCUT2D eigenvalue weighted by molar-refractivity contribution is 0.0602. The maximum absolute atomic E-state index is 13.2. The Balaban J connectivity index is 0.907. The molecule has 8 aromatic rings. The van der Waals surface area contributed by atoms with E-state index in [0.29, 0.717) is 32.3 Å². The Hall–Kier alpha value is -7.52. The lowest BCUT2D eigenvalue weighted by atomic mass is 9.97. The zero-order valence-electron chi connectivity index (χ0n) is 30.0. The molecule has 270 valence electrons. The molecule has 0 spiro atoms. The van der Waals surface area contributed by atoms with Gasteiger partial charge in [-0.15, -0.1) is 0 Å². The van der Waals surface area contributed by atoms with Gasteiger partial charge in [0.05, 0.1) is 0 Å².